The number of benzene rings is 2. The number of carbonyl (C=O) groups excluding carboxylic acids is 3. The molecule has 32 heavy (non-hydrogen) atoms. The van der Waals surface area contributed by atoms with Crippen LogP contribution in [-0.4, -0.2) is 28.7 Å². The molecule has 1 saturated heterocycles. The molecule has 1 N–H and O–H groups in total. The molecule has 7 rings (SSSR count). The number of rotatable bonds is 5. The summed E-state index contributed by atoms with van der Waals surface area (Å²) in [6, 6.07) is 16.0. The molecule has 162 valence electrons. The molecule has 4 aliphatic carbocycles. The average Bonchev–Trinajstić information content (AvgIpc) is 3.58. The lowest BCUT2D eigenvalue weighted by atomic mass is 9.63. The van der Waals surface area contributed by atoms with Crippen molar-refractivity contribution in [2.75, 3.05) is 5.32 Å². The molecule has 3 fully saturated rings. The maximum absolute atomic E-state index is 13.6. The molecule has 2 aromatic carbocycles. The van der Waals surface area contributed by atoms with Gasteiger partial charge in [0.05, 0.1) is 11.8 Å². The molecule has 2 aromatic rings. The molecular weight excluding hydrogens is 468 g/mol. The summed E-state index contributed by atoms with van der Waals surface area (Å²) in [5.74, 6) is 0.0705. The standard InChI is InChI=1S/C26H23BrN2O3/c27-15-6-8-16(9-7-15)28-24(30)21(12-14-4-2-1-3-5-14)29-25(31)22-17-10-11-18(20-13-19(17)20)23(22)26(29)32/h1-11,17-23H,12-13H2,(H,28,30)/t17-,18-,19-,20-,21+,22+,23+/m1/s1. The van der Waals surface area contributed by atoms with Crippen LogP contribution in [0.3, 0.4) is 0 Å². The Morgan fingerprint density at radius 1 is 0.938 bits per heavy atom. The van der Waals surface area contributed by atoms with Gasteiger partial charge in [-0.1, -0.05) is 58.4 Å². The Morgan fingerprint density at radius 2 is 1.53 bits per heavy atom. The first kappa shape index (κ1) is 19.9. The third-order valence-electron chi connectivity index (χ3n) is 7.69. The van der Waals surface area contributed by atoms with E-state index in [1.54, 1.807) is 12.1 Å². The summed E-state index contributed by atoms with van der Waals surface area (Å²) in [5, 5.41) is 2.92. The zero-order valence-corrected chi connectivity index (χ0v) is 18.9. The first-order valence-electron chi connectivity index (χ1n) is 11.2. The van der Waals surface area contributed by atoms with Gasteiger partial charge < -0.3 is 5.32 Å². The summed E-state index contributed by atoms with van der Waals surface area (Å²) in [6.45, 7) is 0. The molecular formula is C26H23BrN2O3. The van der Waals surface area contributed by atoms with Gasteiger partial charge in [-0.3, -0.25) is 19.3 Å². The van der Waals surface area contributed by atoms with Crippen LogP contribution in [0.4, 0.5) is 5.69 Å². The van der Waals surface area contributed by atoms with Crippen LogP contribution in [0, 0.1) is 35.5 Å². The van der Waals surface area contributed by atoms with Gasteiger partial charge in [-0.05, 0) is 59.9 Å². The molecule has 5 aliphatic rings. The summed E-state index contributed by atoms with van der Waals surface area (Å²) in [5.41, 5.74) is 1.55. The van der Waals surface area contributed by atoms with E-state index < -0.39 is 6.04 Å². The molecule has 0 spiro atoms. The average molecular weight is 491 g/mol. The minimum Gasteiger partial charge on any atom is -0.324 e. The van der Waals surface area contributed by atoms with Gasteiger partial charge in [-0.2, -0.15) is 0 Å². The fourth-order valence-corrected chi connectivity index (χ4v) is 6.45. The van der Waals surface area contributed by atoms with Crippen LogP contribution in [0.15, 0.2) is 71.2 Å². The highest BCUT2D eigenvalue weighted by molar-refractivity contribution is 9.10. The van der Waals surface area contributed by atoms with Crippen molar-refractivity contribution in [3.63, 3.8) is 0 Å². The molecule has 2 saturated carbocycles. The fraction of sp³-hybridized carbons (Fsp3) is 0.346. The number of likely N-dealkylation sites (tertiary alicyclic amines) is 1. The maximum atomic E-state index is 13.6. The number of hydrogen-bond acceptors (Lipinski definition) is 3. The lowest BCUT2D eigenvalue weighted by Crippen LogP contribution is -2.49. The first-order chi connectivity index (χ1) is 15.5. The first-order valence-corrected chi connectivity index (χ1v) is 12.0. The van der Waals surface area contributed by atoms with E-state index in [2.05, 4.69) is 33.4 Å². The van der Waals surface area contributed by atoms with Crippen molar-refractivity contribution >= 4 is 39.3 Å². The predicted molar refractivity (Wildman–Crippen MR) is 123 cm³/mol. The lowest BCUT2D eigenvalue weighted by Gasteiger charge is -2.37. The zero-order chi connectivity index (χ0) is 22.0. The Labute approximate surface area is 195 Å². The van der Waals surface area contributed by atoms with Crippen molar-refractivity contribution in [3.05, 3.63) is 76.8 Å². The number of anilines is 1. The largest absolute Gasteiger partial charge is 0.324 e. The molecule has 7 atom stereocenters. The maximum Gasteiger partial charge on any atom is 0.248 e. The monoisotopic (exact) mass is 490 g/mol. The zero-order valence-electron chi connectivity index (χ0n) is 17.4. The van der Waals surface area contributed by atoms with Gasteiger partial charge in [-0.15, -0.1) is 0 Å². The molecule has 3 amide bonds. The van der Waals surface area contributed by atoms with E-state index in [0.29, 0.717) is 23.9 Å². The Hall–Kier alpha value is -2.73. The number of imide groups is 1. The van der Waals surface area contributed by atoms with Crippen molar-refractivity contribution in [2.24, 2.45) is 35.5 Å². The van der Waals surface area contributed by atoms with Crippen molar-refractivity contribution in [1.82, 2.24) is 4.90 Å². The fourth-order valence-electron chi connectivity index (χ4n) is 6.18. The quantitative estimate of drug-likeness (QED) is 0.507. The number of amides is 3. The summed E-state index contributed by atoms with van der Waals surface area (Å²) >= 11 is 3.40. The van der Waals surface area contributed by atoms with Gasteiger partial charge in [0, 0.05) is 16.6 Å². The van der Waals surface area contributed by atoms with Crippen LogP contribution in [0.25, 0.3) is 0 Å². The molecule has 1 heterocycles. The van der Waals surface area contributed by atoms with Crippen molar-refractivity contribution in [2.45, 2.75) is 18.9 Å². The third-order valence-corrected chi connectivity index (χ3v) is 8.22. The number of nitrogens with zero attached hydrogens (tertiary/aromatic N) is 1. The van der Waals surface area contributed by atoms with Gasteiger partial charge in [0.25, 0.3) is 0 Å². The molecule has 0 unspecified atom stereocenters. The minimum atomic E-state index is -0.873. The van der Waals surface area contributed by atoms with Gasteiger partial charge in [0.15, 0.2) is 0 Å². The van der Waals surface area contributed by atoms with Crippen molar-refractivity contribution in [1.29, 1.82) is 0 Å². The molecule has 2 bridgehead atoms. The Balaban J connectivity index is 1.33. The Bertz CT molecular complexity index is 1090. The number of allylic oxidation sites excluding steroid dienone is 2. The van der Waals surface area contributed by atoms with E-state index in [4.69, 9.17) is 0 Å². The molecule has 0 radical (unpaired) electrons. The molecule has 5 nitrogen and oxygen atoms in total. The minimum absolute atomic E-state index is 0.142. The molecule has 0 aromatic heterocycles. The number of carbonyl (C=O) groups is 3. The highest BCUT2D eigenvalue weighted by Gasteiger charge is 2.67. The SMILES string of the molecule is O=C(Nc1ccc(Br)cc1)[C@H](Cc1ccccc1)N1C(=O)[C@H]2[C@@H]3C=C[C@H]([C@H]4C[C@H]34)[C@@H]2C1=O. The van der Waals surface area contributed by atoms with E-state index in [1.807, 2.05) is 42.5 Å². The van der Waals surface area contributed by atoms with Crippen LogP contribution in [0.2, 0.25) is 0 Å². The van der Waals surface area contributed by atoms with Crippen molar-refractivity contribution < 1.29 is 14.4 Å². The highest BCUT2D eigenvalue weighted by Crippen LogP contribution is 2.65. The van der Waals surface area contributed by atoms with E-state index >= 15 is 0 Å². The predicted octanol–water partition coefficient (Wildman–Crippen LogP) is 4.05. The van der Waals surface area contributed by atoms with Crippen LogP contribution in [-0.2, 0) is 20.8 Å². The van der Waals surface area contributed by atoms with E-state index in [0.717, 1.165) is 16.5 Å². The van der Waals surface area contributed by atoms with Crippen LogP contribution < -0.4 is 5.32 Å². The highest BCUT2D eigenvalue weighted by atomic mass is 79.9. The second-order valence-corrected chi connectivity index (χ2v) is 10.3. The second-order valence-electron chi connectivity index (χ2n) is 9.40. The summed E-state index contributed by atoms with van der Waals surface area (Å²) in [4.78, 5) is 42.0. The normalized spacial score (nSPS) is 32.5. The Morgan fingerprint density at radius 3 is 2.12 bits per heavy atom. The van der Waals surface area contributed by atoms with Gasteiger partial charge in [0.1, 0.15) is 6.04 Å². The summed E-state index contributed by atoms with van der Waals surface area (Å²) in [7, 11) is 0. The van der Waals surface area contributed by atoms with Gasteiger partial charge >= 0.3 is 0 Å². The van der Waals surface area contributed by atoms with Gasteiger partial charge in [0.2, 0.25) is 17.7 Å². The van der Waals surface area contributed by atoms with Crippen molar-refractivity contribution in [3.8, 4) is 0 Å². The number of nitrogens with one attached hydrogen (secondary N) is 1. The van der Waals surface area contributed by atoms with Crippen LogP contribution in [0.1, 0.15) is 12.0 Å². The third kappa shape index (κ3) is 3.07. The number of hydrogen-bond donors (Lipinski definition) is 1. The van der Waals surface area contributed by atoms with Gasteiger partial charge in [-0.25, -0.2) is 0 Å². The van der Waals surface area contributed by atoms with E-state index in [1.165, 1.54) is 4.90 Å². The van der Waals surface area contributed by atoms with Crippen LogP contribution in [0.5, 0.6) is 0 Å². The number of halogens is 1. The smallest absolute Gasteiger partial charge is 0.248 e. The molecule has 6 heteroatoms. The van der Waals surface area contributed by atoms with Crippen LogP contribution >= 0.6 is 15.9 Å². The summed E-state index contributed by atoms with van der Waals surface area (Å²) < 4.78 is 0.909. The van der Waals surface area contributed by atoms with E-state index in [9.17, 15) is 14.4 Å². The second kappa shape index (κ2) is 7.41. The van der Waals surface area contributed by atoms with E-state index in [-0.39, 0.29) is 41.4 Å². The lowest BCUT2D eigenvalue weighted by molar-refractivity contribution is -0.146. The summed E-state index contributed by atoms with van der Waals surface area (Å²) in [6.07, 6.45) is 5.73. The topological polar surface area (TPSA) is 66.5 Å². The molecule has 1 aliphatic heterocycles. The Kier molecular flexibility index (Phi) is 4.61.